The van der Waals surface area contributed by atoms with E-state index in [4.69, 9.17) is 0 Å². The zero-order valence-electron chi connectivity index (χ0n) is 14.9. The summed E-state index contributed by atoms with van der Waals surface area (Å²) < 4.78 is 27.5. The lowest BCUT2D eigenvalue weighted by Crippen LogP contribution is -2.47. The summed E-state index contributed by atoms with van der Waals surface area (Å²) in [6.45, 7) is 2.72. The van der Waals surface area contributed by atoms with Gasteiger partial charge in [0.15, 0.2) is 0 Å². The zero-order chi connectivity index (χ0) is 17.9. The number of rotatable bonds is 4. The Labute approximate surface area is 154 Å². The Kier molecular flexibility index (Phi) is 6.17. The maximum Gasteiger partial charge on any atom is 0.252 e. The summed E-state index contributed by atoms with van der Waals surface area (Å²) in [6, 6.07) is 3.77. The van der Waals surface area contributed by atoms with E-state index in [0.29, 0.717) is 17.3 Å². The van der Waals surface area contributed by atoms with Crippen molar-refractivity contribution >= 4 is 27.3 Å². The van der Waals surface area contributed by atoms with Crippen LogP contribution in [0.15, 0.2) is 16.3 Å². The first-order chi connectivity index (χ1) is 12.0. The van der Waals surface area contributed by atoms with Crippen molar-refractivity contribution in [2.24, 2.45) is 5.92 Å². The number of sulfonamides is 1. The van der Waals surface area contributed by atoms with Crippen molar-refractivity contribution in [3.8, 4) is 0 Å². The lowest BCUT2D eigenvalue weighted by atomic mass is 9.97. The average Bonchev–Trinajstić information content (AvgIpc) is 2.89. The van der Waals surface area contributed by atoms with Crippen LogP contribution >= 0.6 is 11.3 Å². The molecule has 0 aromatic carbocycles. The van der Waals surface area contributed by atoms with Crippen LogP contribution in [0.25, 0.3) is 0 Å². The van der Waals surface area contributed by atoms with Crippen molar-refractivity contribution in [3.63, 3.8) is 0 Å². The molecule has 1 atom stereocenters. The molecular formula is C18H28N2O3S2. The van der Waals surface area contributed by atoms with E-state index in [1.54, 1.807) is 6.07 Å². The van der Waals surface area contributed by atoms with Crippen molar-refractivity contribution < 1.29 is 13.2 Å². The monoisotopic (exact) mass is 384 g/mol. The van der Waals surface area contributed by atoms with Gasteiger partial charge in [-0.3, -0.25) is 4.79 Å². The van der Waals surface area contributed by atoms with Crippen molar-refractivity contribution in [2.45, 2.75) is 68.5 Å². The van der Waals surface area contributed by atoms with E-state index in [9.17, 15) is 13.2 Å². The van der Waals surface area contributed by atoms with E-state index in [2.05, 4.69) is 5.32 Å². The Morgan fingerprint density at radius 1 is 1.12 bits per heavy atom. The third-order valence-electron chi connectivity index (χ3n) is 5.27. The average molecular weight is 385 g/mol. The largest absolute Gasteiger partial charge is 0.353 e. The molecule has 7 heteroatoms. The fourth-order valence-electron chi connectivity index (χ4n) is 3.80. The fourth-order valence-corrected chi connectivity index (χ4v) is 6.76. The van der Waals surface area contributed by atoms with E-state index >= 15 is 0 Å². The lowest BCUT2D eigenvalue weighted by molar-refractivity contribution is -0.126. The summed E-state index contributed by atoms with van der Waals surface area (Å²) in [5, 5.41) is 3.19. The van der Waals surface area contributed by atoms with E-state index in [1.807, 2.05) is 13.0 Å². The number of hydrogen-bond acceptors (Lipinski definition) is 4. The van der Waals surface area contributed by atoms with Crippen LogP contribution in [0.4, 0.5) is 0 Å². The molecule has 0 spiro atoms. The Morgan fingerprint density at radius 2 is 1.84 bits per heavy atom. The molecule has 3 rings (SSSR count). The summed E-state index contributed by atoms with van der Waals surface area (Å²) in [5.74, 6) is -0.193. The maximum absolute atomic E-state index is 12.8. The molecule has 1 aliphatic heterocycles. The Balaban J connectivity index is 1.63. The molecule has 25 heavy (non-hydrogen) atoms. The van der Waals surface area contributed by atoms with Crippen LogP contribution < -0.4 is 5.32 Å². The smallest absolute Gasteiger partial charge is 0.252 e. The second kappa shape index (κ2) is 8.18. The van der Waals surface area contributed by atoms with Gasteiger partial charge in [-0.15, -0.1) is 11.3 Å². The highest BCUT2D eigenvalue weighted by atomic mass is 32.2. The number of piperidine rings is 1. The highest BCUT2D eigenvalue weighted by Gasteiger charge is 2.34. The van der Waals surface area contributed by atoms with Crippen LogP contribution in [-0.4, -0.2) is 37.8 Å². The first kappa shape index (κ1) is 18.9. The van der Waals surface area contributed by atoms with E-state index in [0.717, 1.165) is 30.6 Å². The Hall–Kier alpha value is -0.920. The minimum absolute atomic E-state index is 0.0363. The maximum atomic E-state index is 12.8. The number of nitrogens with one attached hydrogen (secondary N) is 1. The van der Waals surface area contributed by atoms with Gasteiger partial charge < -0.3 is 5.32 Å². The highest BCUT2D eigenvalue weighted by Crippen LogP contribution is 2.28. The summed E-state index contributed by atoms with van der Waals surface area (Å²) in [5.41, 5.74) is 0. The topological polar surface area (TPSA) is 66.5 Å². The molecule has 1 aliphatic carbocycles. The molecule has 0 radical (unpaired) electrons. The van der Waals surface area contributed by atoms with Crippen LogP contribution in [0.5, 0.6) is 0 Å². The fraction of sp³-hybridized carbons (Fsp3) is 0.722. The number of hydrogen-bond donors (Lipinski definition) is 1. The van der Waals surface area contributed by atoms with Crippen LogP contribution in [0, 0.1) is 12.8 Å². The second-order valence-corrected chi connectivity index (χ2v) is 10.7. The Morgan fingerprint density at radius 3 is 2.48 bits per heavy atom. The molecule has 1 saturated carbocycles. The molecule has 2 heterocycles. The Bertz CT molecular complexity index is 691. The molecule has 1 aromatic heterocycles. The quantitative estimate of drug-likeness (QED) is 0.810. The number of amides is 1. The van der Waals surface area contributed by atoms with Gasteiger partial charge in [-0.1, -0.05) is 25.7 Å². The molecular weight excluding hydrogens is 356 g/mol. The van der Waals surface area contributed by atoms with Gasteiger partial charge in [0.05, 0.1) is 5.92 Å². The van der Waals surface area contributed by atoms with E-state index in [1.165, 1.54) is 41.3 Å². The molecule has 1 N–H and O–H groups in total. The minimum Gasteiger partial charge on any atom is -0.353 e. The first-order valence-electron chi connectivity index (χ1n) is 9.34. The molecule has 2 aliphatic rings. The van der Waals surface area contributed by atoms with Crippen molar-refractivity contribution in [1.82, 2.24) is 9.62 Å². The molecule has 0 unspecified atom stereocenters. The van der Waals surface area contributed by atoms with Crippen molar-refractivity contribution in [1.29, 1.82) is 0 Å². The van der Waals surface area contributed by atoms with Gasteiger partial charge in [-0.05, 0) is 44.7 Å². The molecule has 1 saturated heterocycles. The predicted molar refractivity (Wildman–Crippen MR) is 100 cm³/mol. The molecule has 1 amide bonds. The van der Waals surface area contributed by atoms with Crippen LogP contribution in [0.2, 0.25) is 0 Å². The SMILES string of the molecule is Cc1ccc(S(=O)(=O)N2CCC[C@H](C(=O)NC3CCCCCC3)C2)s1. The van der Waals surface area contributed by atoms with Gasteiger partial charge in [0.2, 0.25) is 5.91 Å². The van der Waals surface area contributed by atoms with Gasteiger partial charge in [0, 0.05) is 24.0 Å². The summed E-state index contributed by atoms with van der Waals surface area (Å²) in [6.07, 6.45) is 8.47. The molecule has 1 aromatic rings. The number of carbonyl (C=O) groups excluding carboxylic acids is 1. The number of nitrogens with zero attached hydrogens (tertiary/aromatic N) is 1. The summed E-state index contributed by atoms with van der Waals surface area (Å²) in [4.78, 5) is 13.6. The molecule has 2 fully saturated rings. The van der Waals surface area contributed by atoms with E-state index in [-0.39, 0.29) is 17.9 Å². The zero-order valence-corrected chi connectivity index (χ0v) is 16.5. The number of aryl methyl sites for hydroxylation is 1. The summed E-state index contributed by atoms with van der Waals surface area (Å²) in [7, 11) is -3.47. The van der Waals surface area contributed by atoms with Gasteiger partial charge in [-0.2, -0.15) is 4.31 Å². The van der Waals surface area contributed by atoms with Crippen LogP contribution in [-0.2, 0) is 14.8 Å². The first-order valence-corrected chi connectivity index (χ1v) is 11.6. The third-order valence-corrected chi connectivity index (χ3v) is 8.60. The molecule has 5 nitrogen and oxygen atoms in total. The number of thiophene rings is 1. The summed E-state index contributed by atoms with van der Waals surface area (Å²) >= 11 is 1.30. The van der Waals surface area contributed by atoms with Crippen LogP contribution in [0.1, 0.15) is 56.2 Å². The minimum atomic E-state index is -3.47. The molecule has 140 valence electrons. The number of carbonyl (C=O) groups is 1. The second-order valence-electron chi connectivity index (χ2n) is 7.26. The van der Waals surface area contributed by atoms with E-state index < -0.39 is 10.0 Å². The standard InChI is InChI=1S/C18H28N2O3S2/c1-14-10-11-17(24-14)25(22,23)20-12-6-7-15(13-20)18(21)19-16-8-4-2-3-5-9-16/h10-11,15-16H,2-9,12-13H2,1H3,(H,19,21)/t15-/m0/s1. The van der Waals surface area contributed by atoms with Crippen molar-refractivity contribution in [3.05, 3.63) is 17.0 Å². The van der Waals surface area contributed by atoms with Crippen LogP contribution in [0.3, 0.4) is 0 Å². The van der Waals surface area contributed by atoms with Crippen molar-refractivity contribution in [2.75, 3.05) is 13.1 Å². The lowest BCUT2D eigenvalue weighted by Gasteiger charge is -2.31. The van der Waals surface area contributed by atoms with Gasteiger partial charge >= 0.3 is 0 Å². The van der Waals surface area contributed by atoms with Gasteiger partial charge in [-0.25, -0.2) is 8.42 Å². The van der Waals surface area contributed by atoms with Gasteiger partial charge in [0.25, 0.3) is 10.0 Å². The van der Waals surface area contributed by atoms with Gasteiger partial charge in [0.1, 0.15) is 4.21 Å². The molecule has 0 bridgehead atoms. The predicted octanol–water partition coefficient (Wildman–Crippen LogP) is 3.30. The third kappa shape index (κ3) is 4.63. The normalized spacial score (nSPS) is 24.0. The highest BCUT2D eigenvalue weighted by molar-refractivity contribution is 7.91.